The lowest BCUT2D eigenvalue weighted by atomic mass is 9.82. The van der Waals surface area contributed by atoms with Gasteiger partial charge in [-0.2, -0.15) is 0 Å². The zero-order valence-electron chi connectivity index (χ0n) is 15.5. The molecule has 3 rings (SSSR count). The average Bonchev–Trinajstić information content (AvgIpc) is 2.74. The number of rotatable bonds is 1. The molecule has 0 aromatic heterocycles. The minimum atomic E-state index is -2.89. The highest BCUT2D eigenvalue weighted by Gasteiger charge is 2.32. The summed E-state index contributed by atoms with van der Waals surface area (Å²) in [5, 5.41) is 0. The van der Waals surface area contributed by atoms with Gasteiger partial charge in [-0.15, -0.1) is 0 Å². The molecule has 17 heavy (non-hydrogen) atoms. The van der Waals surface area contributed by atoms with Crippen LogP contribution in [0, 0.1) is 12.8 Å². The first-order valence-corrected chi connectivity index (χ1v) is 5.55. The quantitative estimate of drug-likeness (QED) is 0.796. The summed E-state index contributed by atoms with van der Waals surface area (Å²) in [5.41, 5.74) is 7.93. The fourth-order valence-electron chi connectivity index (χ4n) is 2.44. The van der Waals surface area contributed by atoms with Crippen LogP contribution >= 0.6 is 0 Å². The van der Waals surface area contributed by atoms with Crippen LogP contribution in [0.2, 0.25) is 0 Å². The van der Waals surface area contributed by atoms with Crippen molar-refractivity contribution < 1.29 is 13.0 Å². The van der Waals surface area contributed by atoms with Crippen LogP contribution in [0.15, 0.2) is 23.8 Å². The van der Waals surface area contributed by atoms with Crippen molar-refractivity contribution in [2.75, 3.05) is 0 Å². The molecule has 0 unspecified atom stereocenters. The van der Waals surface area contributed by atoms with Gasteiger partial charge in [-0.05, 0) is 54.7 Å². The van der Waals surface area contributed by atoms with Crippen molar-refractivity contribution >= 4 is 11.5 Å². The normalized spacial score (nSPS) is 36.4. The average molecular weight is 233 g/mol. The molecule has 0 saturated heterocycles. The Balaban J connectivity index is 2.36. The van der Waals surface area contributed by atoms with Crippen molar-refractivity contribution in [1.29, 1.82) is 0 Å². The Hall–Kier alpha value is -1.57. The summed E-state index contributed by atoms with van der Waals surface area (Å²) in [6.07, 6.45) is -7.95. The highest BCUT2D eigenvalue weighted by Crippen LogP contribution is 2.44. The third-order valence-corrected chi connectivity index (χ3v) is 3.27. The molecule has 0 heterocycles. The minimum absolute atomic E-state index is 0.0834. The van der Waals surface area contributed by atoms with Crippen LogP contribution in [0.3, 0.4) is 0 Å². The van der Waals surface area contributed by atoms with Gasteiger partial charge in [0, 0.05) is 8.22 Å². The number of aryl methyl sites for hydroxylation is 1. The molecule has 2 N–H and O–H groups in total. The number of primary amides is 1. The third kappa shape index (κ3) is 1.59. The van der Waals surface area contributed by atoms with E-state index < -0.39 is 30.9 Å². The molecule has 0 radical (unpaired) electrons. The Morgan fingerprint density at radius 2 is 2.35 bits per heavy atom. The maximum absolute atomic E-state index is 11.9. The van der Waals surface area contributed by atoms with Gasteiger partial charge in [0.25, 0.3) is 0 Å². The molecule has 0 aliphatic heterocycles. The fraction of sp³-hybridized carbons (Fsp3) is 0.400. The number of allylic oxidation sites excluding steroid dienone is 1. The van der Waals surface area contributed by atoms with Crippen LogP contribution in [0.25, 0.3) is 5.57 Å². The van der Waals surface area contributed by atoms with Gasteiger partial charge in [0.2, 0.25) is 5.91 Å². The lowest BCUT2D eigenvalue weighted by Crippen LogP contribution is -2.27. The van der Waals surface area contributed by atoms with Crippen molar-refractivity contribution in [2.24, 2.45) is 11.7 Å². The van der Waals surface area contributed by atoms with Crippen LogP contribution in [0.4, 0.5) is 0 Å². The number of carbonyl (C=O) groups excluding carboxylic acids is 1. The molecule has 0 spiro atoms. The number of benzene rings is 1. The number of nitrogens with two attached hydrogens (primary N) is 1. The Kier molecular flexibility index (Phi) is 1.28. The first-order valence-electron chi connectivity index (χ1n) is 8.55. The molecular formula is C15H17NO. The maximum Gasteiger partial charge on any atom is 0.224 e. The van der Waals surface area contributed by atoms with Crippen molar-refractivity contribution in [2.45, 2.75) is 32.5 Å². The standard InChI is InChI=1S/C15H17NO/c1-9-5-6-10-8-14-11(13(10)7-9)3-2-4-12(14)15(16)17/h5-7,12H,2-4,8H2,1H3,(H2,16,17)/t12-/m1/s1/i2D2,3D2,4D2. The number of fused-ring (bicyclic) bond motifs is 2. The second-order valence-corrected chi connectivity index (χ2v) is 4.47. The van der Waals surface area contributed by atoms with E-state index in [4.69, 9.17) is 14.0 Å². The van der Waals surface area contributed by atoms with Gasteiger partial charge >= 0.3 is 0 Å². The molecule has 0 saturated carbocycles. The van der Waals surface area contributed by atoms with Crippen LogP contribution < -0.4 is 5.73 Å². The van der Waals surface area contributed by atoms with E-state index >= 15 is 0 Å². The van der Waals surface area contributed by atoms with E-state index in [0.29, 0.717) is 5.56 Å². The molecule has 1 aromatic rings. The summed E-state index contributed by atoms with van der Waals surface area (Å²) >= 11 is 0. The fourth-order valence-corrected chi connectivity index (χ4v) is 2.44. The van der Waals surface area contributed by atoms with E-state index in [1.54, 1.807) is 6.07 Å². The smallest absolute Gasteiger partial charge is 0.224 e. The molecular weight excluding hydrogens is 210 g/mol. The summed E-state index contributed by atoms with van der Waals surface area (Å²) < 4.78 is 48.9. The lowest BCUT2D eigenvalue weighted by Gasteiger charge is -2.22. The predicted octanol–water partition coefficient (Wildman–Crippen LogP) is 2.59. The topological polar surface area (TPSA) is 43.1 Å². The van der Waals surface area contributed by atoms with Crippen molar-refractivity contribution in [1.82, 2.24) is 0 Å². The molecule has 0 fully saturated rings. The zero-order chi connectivity index (χ0) is 17.4. The Morgan fingerprint density at radius 1 is 1.53 bits per heavy atom. The second-order valence-electron chi connectivity index (χ2n) is 4.47. The summed E-state index contributed by atoms with van der Waals surface area (Å²) in [6.45, 7) is 1.84. The predicted molar refractivity (Wildman–Crippen MR) is 68.3 cm³/mol. The van der Waals surface area contributed by atoms with Crippen molar-refractivity contribution in [3.8, 4) is 0 Å². The van der Waals surface area contributed by atoms with Gasteiger partial charge in [-0.25, -0.2) is 0 Å². The van der Waals surface area contributed by atoms with E-state index in [1.807, 2.05) is 19.1 Å². The van der Waals surface area contributed by atoms with Gasteiger partial charge in [0.1, 0.15) is 0 Å². The van der Waals surface area contributed by atoms with E-state index in [-0.39, 0.29) is 17.6 Å². The lowest BCUT2D eigenvalue weighted by molar-refractivity contribution is -0.121. The van der Waals surface area contributed by atoms with Crippen LogP contribution in [0.5, 0.6) is 0 Å². The van der Waals surface area contributed by atoms with E-state index in [0.717, 1.165) is 11.1 Å². The highest BCUT2D eigenvalue weighted by atomic mass is 16.1. The Morgan fingerprint density at radius 3 is 3.12 bits per heavy atom. The van der Waals surface area contributed by atoms with Gasteiger partial charge in [0.05, 0.1) is 5.92 Å². The molecule has 2 heteroatoms. The molecule has 88 valence electrons. The summed E-state index contributed by atoms with van der Waals surface area (Å²) in [7, 11) is 0. The SMILES string of the molecule is [2H]C1([2H])C2=C(Cc3ccc(C)cc32)[C@H](C(N)=O)C([2H])([2H])C1([2H])[2H]. The molecule has 1 amide bonds. The van der Waals surface area contributed by atoms with E-state index in [9.17, 15) is 4.79 Å². The van der Waals surface area contributed by atoms with Crippen molar-refractivity contribution in [3.63, 3.8) is 0 Å². The number of hydrogen-bond donors (Lipinski definition) is 1. The summed E-state index contributed by atoms with van der Waals surface area (Å²) in [4.78, 5) is 11.9. The third-order valence-electron chi connectivity index (χ3n) is 3.27. The van der Waals surface area contributed by atoms with Gasteiger partial charge in [0.15, 0.2) is 0 Å². The van der Waals surface area contributed by atoms with Gasteiger partial charge in [-0.1, -0.05) is 23.8 Å². The zero-order valence-corrected chi connectivity index (χ0v) is 9.50. The van der Waals surface area contributed by atoms with Crippen molar-refractivity contribution in [3.05, 3.63) is 40.5 Å². The number of hydrogen-bond acceptors (Lipinski definition) is 1. The Bertz CT molecular complexity index is 752. The first-order chi connectivity index (χ1) is 10.4. The highest BCUT2D eigenvalue weighted by molar-refractivity contribution is 5.87. The molecule has 2 aliphatic carbocycles. The first kappa shape index (κ1) is 5.85. The van der Waals surface area contributed by atoms with Crippen LogP contribution in [-0.2, 0) is 11.2 Å². The summed E-state index contributed by atoms with van der Waals surface area (Å²) in [6, 6.07) is 5.42. The molecule has 0 bridgehead atoms. The summed E-state index contributed by atoms with van der Waals surface area (Å²) in [5.74, 6) is -2.45. The second kappa shape index (κ2) is 3.73. The van der Waals surface area contributed by atoms with Gasteiger partial charge in [-0.3, -0.25) is 4.79 Å². The van der Waals surface area contributed by atoms with E-state index in [2.05, 4.69) is 0 Å². The van der Waals surface area contributed by atoms with Crippen LogP contribution in [0.1, 0.15) is 44.0 Å². The number of amides is 1. The number of carbonyl (C=O) groups is 1. The Labute approximate surface area is 110 Å². The largest absolute Gasteiger partial charge is 0.369 e. The van der Waals surface area contributed by atoms with Gasteiger partial charge < -0.3 is 5.73 Å². The van der Waals surface area contributed by atoms with Crippen LogP contribution in [-0.4, -0.2) is 5.91 Å². The minimum Gasteiger partial charge on any atom is -0.369 e. The molecule has 2 nitrogen and oxygen atoms in total. The maximum atomic E-state index is 11.9. The monoisotopic (exact) mass is 233 g/mol. The molecule has 1 aromatic carbocycles. The molecule has 1 atom stereocenters. The van der Waals surface area contributed by atoms with E-state index in [1.165, 1.54) is 0 Å². The molecule has 2 aliphatic rings.